The average Bonchev–Trinajstić information content (AvgIpc) is 3.20. The summed E-state index contributed by atoms with van der Waals surface area (Å²) in [6.07, 6.45) is 2.14. The first kappa shape index (κ1) is 13.6. The van der Waals surface area contributed by atoms with E-state index in [0.717, 1.165) is 23.3 Å². The maximum absolute atomic E-state index is 6.14. The Morgan fingerprint density at radius 3 is 2.88 bits per heavy atom. The zero-order valence-corrected chi connectivity index (χ0v) is 13.5. The second-order valence-corrected chi connectivity index (χ2v) is 6.38. The summed E-state index contributed by atoms with van der Waals surface area (Å²) in [7, 11) is 0. The number of fused-ring (bicyclic) bond motifs is 4. The van der Waals surface area contributed by atoms with E-state index in [9.17, 15) is 0 Å². The van der Waals surface area contributed by atoms with E-state index in [1.807, 2.05) is 18.2 Å². The van der Waals surface area contributed by atoms with Gasteiger partial charge in [0.2, 0.25) is 0 Å². The van der Waals surface area contributed by atoms with Gasteiger partial charge in [0.25, 0.3) is 0 Å². The van der Waals surface area contributed by atoms with Gasteiger partial charge < -0.3 is 8.98 Å². The molecule has 118 valence electrons. The van der Waals surface area contributed by atoms with Crippen LogP contribution in [0.25, 0.3) is 16.7 Å². The molecule has 1 atom stereocenters. The highest BCUT2D eigenvalue weighted by atomic mass is 16.3. The number of aryl methyl sites for hydroxylation is 1. The fourth-order valence-electron chi connectivity index (χ4n) is 3.69. The van der Waals surface area contributed by atoms with Gasteiger partial charge in [0.05, 0.1) is 5.69 Å². The van der Waals surface area contributed by atoms with Crippen molar-refractivity contribution in [3.8, 4) is 5.69 Å². The minimum atomic E-state index is 0.0409. The molecule has 4 aromatic rings. The van der Waals surface area contributed by atoms with Gasteiger partial charge in [0.15, 0.2) is 0 Å². The summed E-state index contributed by atoms with van der Waals surface area (Å²) in [5.41, 5.74) is 6.04. The Balaban J connectivity index is 1.69. The molecule has 1 aliphatic rings. The summed E-state index contributed by atoms with van der Waals surface area (Å²) in [5, 5.41) is 4.83. The molecular formula is C21H18N2O. The van der Waals surface area contributed by atoms with Crippen LogP contribution in [0.4, 0.5) is 0 Å². The zero-order chi connectivity index (χ0) is 16.1. The molecule has 3 nitrogen and oxygen atoms in total. The molecular weight excluding hydrogens is 296 g/mol. The average molecular weight is 314 g/mol. The van der Waals surface area contributed by atoms with E-state index in [-0.39, 0.29) is 6.04 Å². The molecule has 0 spiro atoms. The first-order chi connectivity index (χ1) is 11.8. The van der Waals surface area contributed by atoms with Crippen molar-refractivity contribution in [2.24, 2.45) is 0 Å². The lowest BCUT2D eigenvalue weighted by Gasteiger charge is -2.14. The predicted molar refractivity (Wildman–Crippen MR) is 95.4 cm³/mol. The third-order valence-electron chi connectivity index (χ3n) is 4.93. The Bertz CT molecular complexity index is 1010. The lowest BCUT2D eigenvalue weighted by Crippen LogP contribution is -2.20. The van der Waals surface area contributed by atoms with Crippen LogP contribution in [0.1, 0.15) is 28.6 Å². The maximum atomic E-state index is 6.14. The smallest absolute Gasteiger partial charge is 0.134 e. The van der Waals surface area contributed by atoms with E-state index in [4.69, 9.17) is 4.42 Å². The highest BCUT2D eigenvalue weighted by molar-refractivity contribution is 5.78. The number of nitrogens with one attached hydrogen (secondary N) is 1. The molecule has 2 aromatic heterocycles. The third kappa shape index (κ3) is 1.95. The van der Waals surface area contributed by atoms with Gasteiger partial charge in [0.1, 0.15) is 17.4 Å². The lowest BCUT2D eigenvalue weighted by molar-refractivity contribution is 0.465. The lowest BCUT2D eigenvalue weighted by atomic mass is 10.1. The van der Waals surface area contributed by atoms with Crippen molar-refractivity contribution in [2.45, 2.75) is 19.5 Å². The number of furan rings is 1. The molecule has 0 amide bonds. The monoisotopic (exact) mass is 314 g/mol. The van der Waals surface area contributed by atoms with Crippen LogP contribution >= 0.6 is 0 Å². The first-order valence-electron chi connectivity index (χ1n) is 8.29. The van der Waals surface area contributed by atoms with Crippen molar-refractivity contribution in [3.63, 3.8) is 0 Å². The second kappa shape index (κ2) is 5.11. The Morgan fingerprint density at radius 2 is 1.96 bits per heavy atom. The Morgan fingerprint density at radius 1 is 1.04 bits per heavy atom. The largest absolute Gasteiger partial charge is 0.459 e. The fourth-order valence-corrected chi connectivity index (χ4v) is 3.69. The van der Waals surface area contributed by atoms with Crippen LogP contribution in [0.15, 0.2) is 71.3 Å². The summed E-state index contributed by atoms with van der Waals surface area (Å²) < 4.78 is 8.42. The maximum Gasteiger partial charge on any atom is 0.134 e. The second-order valence-electron chi connectivity index (χ2n) is 6.38. The number of benzene rings is 2. The number of nitrogens with zero attached hydrogens (tertiary/aromatic N) is 1. The van der Waals surface area contributed by atoms with Crippen LogP contribution < -0.4 is 5.32 Å². The van der Waals surface area contributed by atoms with E-state index in [1.54, 1.807) is 0 Å². The summed E-state index contributed by atoms with van der Waals surface area (Å²) in [4.78, 5) is 0. The summed E-state index contributed by atoms with van der Waals surface area (Å²) in [5.74, 6) is 0.960. The van der Waals surface area contributed by atoms with Crippen molar-refractivity contribution in [1.29, 1.82) is 0 Å². The number of hydrogen-bond donors (Lipinski definition) is 1. The SMILES string of the molecule is Cc1cccc2c1CNC(c1cc3ccccc3o1)c1cccn1-2. The quantitative estimate of drug-likeness (QED) is 0.551. The first-order valence-corrected chi connectivity index (χ1v) is 8.29. The highest BCUT2D eigenvalue weighted by Gasteiger charge is 2.26. The van der Waals surface area contributed by atoms with Gasteiger partial charge >= 0.3 is 0 Å². The van der Waals surface area contributed by atoms with Crippen molar-refractivity contribution in [2.75, 3.05) is 0 Å². The van der Waals surface area contributed by atoms with Crippen LogP contribution in [0.5, 0.6) is 0 Å². The van der Waals surface area contributed by atoms with Crippen molar-refractivity contribution in [1.82, 2.24) is 9.88 Å². The molecule has 2 aromatic carbocycles. The molecule has 0 aliphatic carbocycles. The summed E-state index contributed by atoms with van der Waals surface area (Å²) in [6.45, 7) is 3.00. The number of hydrogen-bond acceptors (Lipinski definition) is 2. The molecule has 24 heavy (non-hydrogen) atoms. The highest BCUT2D eigenvalue weighted by Crippen LogP contribution is 2.33. The number of rotatable bonds is 1. The van der Waals surface area contributed by atoms with Crippen LogP contribution in [0, 0.1) is 6.92 Å². The van der Waals surface area contributed by atoms with Gasteiger partial charge in [-0.05, 0) is 48.4 Å². The van der Waals surface area contributed by atoms with Gasteiger partial charge in [-0.1, -0.05) is 30.3 Å². The van der Waals surface area contributed by atoms with Gasteiger partial charge in [0, 0.05) is 23.8 Å². The topological polar surface area (TPSA) is 30.1 Å². The van der Waals surface area contributed by atoms with Crippen molar-refractivity contribution < 1.29 is 4.42 Å². The molecule has 3 heteroatoms. The van der Waals surface area contributed by atoms with Crippen LogP contribution in [0.3, 0.4) is 0 Å². The minimum Gasteiger partial charge on any atom is -0.459 e. The van der Waals surface area contributed by atoms with Crippen molar-refractivity contribution in [3.05, 3.63) is 89.4 Å². The van der Waals surface area contributed by atoms with Crippen molar-refractivity contribution >= 4 is 11.0 Å². The molecule has 0 radical (unpaired) electrons. The van der Waals surface area contributed by atoms with E-state index >= 15 is 0 Å². The minimum absolute atomic E-state index is 0.0409. The summed E-state index contributed by atoms with van der Waals surface area (Å²) in [6, 6.07) is 21.1. The zero-order valence-electron chi connectivity index (χ0n) is 13.5. The predicted octanol–water partition coefficient (Wildman–Crippen LogP) is 4.72. The van der Waals surface area contributed by atoms with Gasteiger partial charge in [-0.15, -0.1) is 0 Å². The Hall–Kier alpha value is -2.78. The van der Waals surface area contributed by atoms with E-state index in [1.165, 1.54) is 22.5 Å². The summed E-state index contributed by atoms with van der Waals surface area (Å²) >= 11 is 0. The standard InChI is InChI=1S/C21H18N2O/c1-14-6-4-8-17-16(14)13-22-21(18-9-5-11-23(17)18)20-12-15-7-2-3-10-19(15)24-20/h2-12,21-22H,13H2,1H3. The number of para-hydroxylation sites is 1. The molecule has 3 heterocycles. The molecule has 0 saturated heterocycles. The molecule has 1 N–H and O–H groups in total. The Labute approximate surface area is 140 Å². The molecule has 1 unspecified atom stereocenters. The van der Waals surface area contributed by atoms with E-state index in [0.29, 0.717) is 0 Å². The third-order valence-corrected chi connectivity index (χ3v) is 4.93. The molecule has 0 saturated carbocycles. The molecule has 5 rings (SSSR count). The van der Waals surface area contributed by atoms with E-state index in [2.05, 4.69) is 65.5 Å². The van der Waals surface area contributed by atoms with Crippen LogP contribution in [-0.4, -0.2) is 4.57 Å². The number of aromatic nitrogens is 1. The Kier molecular flexibility index (Phi) is 2.91. The molecule has 1 aliphatic heterocycles. The fraction of sp³-hybridized carbons (Fsp3) is 0.143. The van der Waals surface area contributed by atoms with E-state index < -0.39 is 0 Å². The van der Waals surface area contributed by atoms with Gasteiger partial charge in [-0.3, -0.25) is 5.32 Å². The normalized spacial score (nSPS) is 16.6. The molecule has 0 bridgehead atoms. The van der Waals surface area contributed by atoms with Crippen LogP contribution in [0.2, 0.25) is 0 Å². The van der Waals surface area contributed by atoms with Crippen LogP contribution in [-0.2, 0) is 6.54 Å². The van der Waals surface area contributed by atoms with Gasteiger partial charge in [-0.25, -0.2) is 0 Å². The van der Waals surface area contributed by atoms with Gasteiger partial charge in [-0.2, -0.15) is 0 Å². The molecule has 0 fully saturated rings.